The van der Waals surface area contributed by atoms with Gasteiger partial charge in [-0.3, -0.25) is 9.59 Å². The Morgan fingerprint density at radius 3 is 2.26 bits per heavy atom. The quantitative estimate of drug-likeness (QED) is 0.116. The van der Waals surface area contributed by atoms with Crippen LogP contribution in [0.3, 0.4) is 0 Å². The molecule has 3 saturated carbocycles. The number of carbonyl (C=O) groups is 2. The van der Waals surface area contributed by atoms with Crippen molar-refractivity contribution in [2.75, 3.05) is 13.1 Å². The smallest absolute Gasteiger partial charge is 0.306 e. The van der Waals surface area contributed by atoms with Crippen molar-refractivity contribution in [2.45, 2.75) is 189 Å². The molecule has 9 atom stereocenters. The lowest BCUT2D eigenvalue weighted by Crippen LogP contribution is -2.51. The molecular weight excluding hydrogens is 619 g/mol. The van der Waals surface area contributed by atoms with Gasteiger partial charge in [-0.15, -0.1) is 0 Å². The Bertz CT molecular complexity index is 1170. The predicted octanol–water partition coefficient (Wildman–Crippen LogP) is 9.83. The Balaban J connectivity index is 1.30. The molecule has 0 spiro atoms. The Kier molecular flexibility index (Phi) is 13.8. The van der Waals surface area contributed by atoms with Gasteiger partial charge in [-0.05, 0) is 151 Å². The van der Waals surface area contributed by atoms with Crippen molar-refractivity contribution in [3.63, 3.8) is 0 Å². The molecule has 6 heteroatoms. The van der Waals surface area contributed by atoms with E-state index >= 15 is 0 Å². The molecule has 0 unspecified atom stereocenters. The van der Waals surface area contributed by atoms with Gasteiger partial charge in [0.2, 0.25) is 5.91 Å². The summed E-state index contributed by atoms with van der Waals surface area (Å²) >= 11 is 0. The van der Waals surface area contributed by atoms with Crippen molar-refractivity contribution in [3.8, 4) is 0 Å². The Hall–Kier alpha value is -1.40. The maximum absolute atomic E-state index is 13.3. The fourth-order valence-corrected chi connectivity index (χ4v) is 11.5. The number of nitrogens with two attached hydrogens (primary N) is 2. The molecular formula is C44H79N3O3. The predicted molar refractivity (Wildman–Crippen MR) is 208 cm³/mol. The van der Waals surface area contributed by atoms with Crippen LogP contribution in [0.1, 0.15) is 172 Å². The summed E-state index contributed by atoms with van der Waals surface area (Å²) in [5.74, 6) is 5.53. The van der Waals surface area contributed by atoms with Crippen LogP contribution in [0, 0.1) is 52.3 Å². The average molecular weight is 698 g/mol. The van der Waals surface area contributed by atoms with Crippen LogP contribution < -0.4 is 11.5 Å². The van der Waals surface area contributed by atoms with E-state index < -0.39 is 0 Å². The van der Waals surface area contributed by atoms with Gasteiger partial charge in [-0.1, -0.05) is 66.0 Å². The molecule has 4 rings (SSSR count). The lowest BCUT2D eigenvalue weighted by atomic mass is 9.47. The number of allylic oxidation sites excluding steroid dienone is 1. The third kappa shape index (κ3) is 10.2. The summed E-state index contributed by atoms with van der Waals surface area (Å²) in [4.78, 5) is 28.2. The molecule has 4 aliphatic rings. The van der Waals surface area contributed by atoms with E-state index in [0.29, 0.717) is 24.9 Å². The van der Waals surface area contributed by atoms with Gasteiger partial charge in [0.25, 0.3) is 0 Å². The second kappa shape index (κ2) is 16.7. The maximum Gasteiger partial charge on any atom is 0.306 e. The van der Waals surface area contributed by atoms with Crippen LogP contribution in [-0.4, -0.2) is 47.0 Å². The molecule has 0 aliphatic heterocycles. The maximum atomic E-state index is 13.3. The van der Waals surface area contributed by atoms with Gasteiger partial charge in [-0.25, -0.2) is 0 Å². The van der Waals surface area contributed by atoms with Gasteiger partial charge >= 0.3 is 5.97 Å². The molecule has 0 aromatic carbocycles. The van der Waals surface area contributed by atoms with Crippen molar-refractivity contribution in [2.24, 2.45) is 63.7 Å². The van der Waals surface area contributed by atoms with Crippen molar-refractivity contribution in [3.05, 3.63) is 11.6 Å². The van der Waals surface area contributed by atoms with E-state index in [4.69, 9.17) is 16.2 Å². The summed E-state index contributed by atoms with van der Waals surface area (Å²) in [7, 11) is 0. The molecule has 6 nitrogen and oxygen atoms in total. The van der Waals surface area contributed by atoms with Gasteiger partial charge in [0.05, 0.1) is 6.42 Å². The molecule has 0 radical (unpaired) electrons. The first-order valence-corrected chi connectivity index (χ1v) is 21.0. The number of amides is 1. The van der Waals surface area contributed by atoms with Gasteiger partial charge in [0.1, 0.15) is 6.10 Å². The average Bonchev–Trinajstić information content (AvgIpc) is 3.38. The standard InChI is InChI=1S/C44H79N3O3/c1-11-32(30(2)3)14-13-31(4)36-17-18-37-35-16-15-33-29-34(21-24-43(33,9)38(35)22-25-44(36,37)10)50-40(49)20-19-39(48)47(28-26-42(7,8)46)27-12-23-41(5,6)45/h15,30-32,34-38H,11-14,16-29,45-46H2,1-10H3/t31-,32-,34+,35+,36-,37+,38+,43+,44-/m1/s1. The minimum absolute atomic E-state index is 0.00633. The van der Waals surface area contributed by atoms with E-state index in [9.17, 15) is 9.59 Å². The topological polar surface area (TPSA) is 98.7 Å². The molecule has 1 amide bonds. The number of ether oxygens (including phenoxy) is 1. The zero-order valence-corrected chi connectivity index (χ0v) is 34.3. The van der Waals surface area contributed by atoms with Crippen LogP contribution in [0.2, 0.25) is 0 Å². The highest BCUT2D eigenvalue weighted by atomic mass is 16.5. The van der Waals surface area contributed by atoms with E-state index in [1.165, 1.54) is 51.4 Å². The monoisotopic (exact) mass is 698 g/mol. The third-order valence-electron chi connectivity index (χ3n) is 14.7. The van der Waals surface area contributed by atoms with Crippen LogP contribution in [0.25, 0.3) is 0 Å². The normalized spacial score (nSPS) is 32.4. The number of carbonyl (C=O) groups excluding carboxylic acids is 2. The molecule has 0 aromatic rings. The van der Waals surface area contributed by atoms with Crippen molar-refractivity contribution >= 4 is 11.9 Å². The van der Waals surface area contributed by atoms with Crippen molar-refractivity contribution in [1.82, 2.24) is 4.90 Å². The van der Waals surface area contributed by atoms with Gasteiger partial charge < -0.3 is 21.1 Å². The van der Waals surface area contributed by atoms with Gasteiger partial charge in [0.15, 0.2) is 0 Å². The summed E-state index contributed by atoms with van der Waals surface area (Å²) in [6.45, 7) is 24.2. The van der Waals surface area contributed by atoms with Gasteiger partial charge in [-0.2, -0.15) is 0 Å². The molecule has 4 aliphatic carbocycles. The molecule has 288 valence electrons. The first-order valence-electron chi connectivity index (χ1n) is 21.0. The largest absolute Gasteiger partial charge is 0.462 e. The number of fused-ring (bicyclic) bond motifs is 5. The Labute approximate surface area is 308 Å². The SMILES string of the molecule is CC[C@H](CC[C@@H](C)[C@H]1CC[C@H]2[C@@H]3CC=C4C[C@@H](OC(=O)CCC(=O)N(CCCC(C)(C)N)CCC(C)(C)N)CC[C@]4(C)[C@H]3CC[C@]12C)C(C)C. The fourth-order valence-electron chi connectivity index (χ4n) is 11.5. The minimum Gasteiger partial charge on any atom is -0.462 e. The molecule has 0 aromatic heterocycles. The Morgan fingerprint density at radius 2 is 1.62 bits per heavy atom. The number of esters is 1. The lowest BCUT2D eigenvalue weighted by Gasteiger charge is -2.58. The number of hydrogen-bond acceptors (Lipinski definition) is 5. The fraction of sp³-hybridized carbons (Fsp3) is 0.909. The summed E-state index contributed by atoms with van der Waals surface area (Å²) in [6.07, 6.45) is 19.0. The first-order chi connectivity index (χ1) is 23.3. The molecule has 4 N–H and O–H groups in total. The zero-order valence-electron chi connectivity index (χ0n) is 34.3. The molecule has 0 saturated heterocycles. The van der Waals surface area contributed by atoms with Crippen LogP contribution in [0.5, 0.6) is 0 Å². The zero-order chi connectivity index (χ0) is 37.1. The molecule has 0 bridgehead atoms. The number of hydrogen-bond donors (Lipinski definition) is 2. The van der Waals surface area contributed by atoms with Crippen LogP contribution in [-0.2, 0) is 14.3 Å². The highest BCUT2D eigenvalue weighted by molar-refractivity contribution is 5.81. The van der Waals surface area contributed by atoms with Crippen LogP contribution >= 0.6 is 0 Å². The van der Waals surface area contributed by atoms with Crippen molar-refractivity contribution < 1.29 is 14.3 Å². The van der Waals surface area contributed by atoms with E-state index in [1.54, 1.807) is 5.57 Å². The molecule has 50 heavy (non-hydrogen) atoms. The highest BCUT2D eigenvalue weighted by Crippen LogP contribution is 2.67. The highest BCUT2D eigenvalue weighted by Gasteiger charge is 2.59. The van der Waals surface area contributed by atoms with Crippen LogP contribution in [0.15, 0.2) is 11.6 Å². The second-order valence-corrected chi connectivity index (χ2v) is 20.0. The minimum atomic E-state index is -0.352. The van der Waals surface area contributed by atoms with E-state index in [2.05, 4.69) is 47.6 Å². The van der Waals surface area contributed by atoms with Gasteiger partial charge in [0, 0.05) is 37.0 Å². The molecule has 0 heterocycles. The third-order valence-corrected chi connectivity index (χ3v) is 14.7. The summed E-state index contributed by atoms with van der Waals surface area (Å²) < 4.78 is 6.09. The molecule has 3 fully saturated rings. The Morgan fingerprint density at radius 1 is 0.920 bits per heavy atom. The van der Waals surface area contributed by atoms with E-state index in [1.807, 2.05) is 32.6 Å². The van der Waals surface area contributed by atoms with E-state index in [0.717, 1.165) is 73.5 Å². The summed E-state index contributed by atoms with van der Waals surface area (Å²) in [5, 5.41) is 0. The summed E-state index contributed by atoms with van der Waals surface area (Å²) in [6, 6.07) is 0. The number of rotatable bonds is 17. The summed E-state index contributed by atoms with van der Waals surface area (Å²) in [5.41, 5.74) is 14.1. The van der Waals surface area contributed by atoms with Crippen LogP contribution in [0.4, 0.5) is 0 Å². The van der Waals surface area contributed by atoms with Crippen molar-refractivity contribution in [1.29, 1.82) is 0 Å². The van der Waals surface area contributed by atoms with E-state index in [-0.39, 0.29) is 47.3 Å². The lowest BCUT2D eigenvalue weighted by molar-refractivity contribution is -0.153. The number of nitrogens with zero attached hydrogens (tertiary/aromatic N) is 1. The second-order valence-electron chi connectivity index (χ2n) is 20.0. The first kappa shape index (κ1) is 41.4.